The van der Waals surface area contributed by atoms with Crippen LogP contribution < -0.4 is 5.56 Å². The Kier molecular flexibility index (Phi) is 5.35. The van der Waals surface area contributed by atoms with Gasteiger partial charge in [-0.1, -0.05) is 36.4 Å². The number of nitrogens with zero attached hydrogens (tertiary/aromatic N) is 3. The summed E-state index contributed by atoms with van der Waals surface area (Å²) in [7, 11) is 0. The van der Waals surface area contributed by atoms with Crippen molar-refractivity contribution >= 4 is 62.3 Å². The fourth-order valence-corrected chi connectivity index (χ4v) is 3.87. The van der Waals surface area contributed by atoms with Crippen molar-refractivity contribution in [2.24, 2.45) is 5.10 Å². The Morgan fingerprint density at radius 3 is 2.41 bits per heavy atom. The molecule has 0 N–H and O–H groups in total. The standard InChI is InChI=1S/C21H13I2N3O/c22-16-7-3-5-14(11-16)13-24-26-20(15-6-4-8-17(23)12-15)25-19-10-2-1-9-18(19)21(26)27/h1-13H/b24-13-. The highest BCUT2D eigenvalue weighted by Gasteiger charge is 2.12. The number of hydrogen-bond acceptors (Lipinski definition) is 3. The molecule has 0 amide bonds. The predicted octanol–water partition coefficient (Wildman–Crippen LogP) is 5.15. The van der Waals surface area contributed by atoms with Crippen molar-refractivity contribution in [3.63, 3.8) is 0 Å². The van der Waals surface area contributed by atoms with Gasteiger partial charge in [-0.15, -0.1) is 0 Å². The maximum absolute atomic E-state index is 13.1. The Bertz CT molecular complexity index is 1230. The smallest absolute Gasteiger partial charge is 0.267 e. The van der Waals surface area contributed by atoms with E-state index in [1.807, 2.05) is 66.7 Å². The van der Waals surface area contributed by atoms with Crippen LogP contribution in [0, 0.1) is 7.14 Å². The van der Waals surface area contributed by atoms with Crippen LogP contribution in [0.15, 0.2) is 82.7 Å². The summed E-state index contributed by atoms with van der Waals surface area (Å²) < 4.78 is 3.56. The van der Waals surface area contributed by atoms with E-state index in [-0.39, 0.29) is 5.56 Å². The zero-order valence-corrected chi connectivity index (χ0v) is 18.3. The Morgan fingerprint density at radius 2 is 1.63 bits per heavy atom. The maximum Gasteiger partial charge on any atom is 0.282 e. The summed E-state index contributed by atoms with van der Waals surface area (Å²) in [5, 5.41) is 5.03. The lowest BCUT2D eigenvalue weighted by Gasteiger charge is -2.09. The summed E-state index contributed by atoms with van der Waals surface area (Å²) in [4.78, 5) is 17.8. The number of halogens is 2. The molecule has 0 spiro atoms. The third-order valence-corrected chi connectivity index (χ3v) is 5.35. The van der Waals surface area contributed by atoms with E-state index in [1.165, 1.54) is 4.68 Å². The predicted molar refractivity (Wildman–Crippen MR) is 126 cm³/mol. The number of benzene rings is 3. The highest BCUT2D eigenvalue weighted by Crippen LogP contribution is 2.21. The molecule has 0 atom stereocenters. The Hall–Kier alpha value is -2.07. The largest absolute Gasteiger partial charge is 0.282 e. The maximum atomic E-state index is 13.1. The molecule has 4 rings (SSSR count). The van der Waals surface area contributed by atoms with Crippen LogP contribution in [0.1, 0.15) is 5.56 Å². The third-order valence-electron chi connectivity index (χ3n) is 4.01. The molecule has 0 fully saturated rings. The van der Waals surface area contributed by atoms with Gasteiger partial charge in [-0.25, -0.2) is 4.98 Å². The van der Waals surface area contributed by atoms with Crippen molar-refractivity contribution in [1.82, 2.24) is 9.66 Å². The van der Waals surface area contributed by atoms with E-state index in [1.54, 1.807) is 12.3 Å². The van der Waals surface area contributed by atoms with Crippen molar-refractivity contribution < 1.29 is 0 Å². The summed E-state index contributed by atoms with van der Waals surface area (Å²) in [5.41, 5.74) is 2.26. The molecular formula is C21H13I2N3O. The summed E-state index contributed by atoms with van der Waals surface area (Å²) in [6, 6.07) is 23.2. The number of rotatable bonds is 3. The van der Waals surface area contributed by atoms with E-state index in [0.29, 0.717) is 16.7 Å². The number of aromatic nitrogens is 2. The monoisotopic (exact) mass is 577 g/mol. The van der Waals surface area contributed by atoms with Gasteiger partial charge in [-0.3, -0.25) is 4.79 Å². The van der Waals surface area contributed by atoms with E-state index in [9.17, 15) is 4.79 Å². The topological polar surface area (TPSA) is 47.2 Å². The van der Waals surface area contributed by atoms with Crippen LogP contribution in [0.3, 0.4) is 0 Å². The lowest BCUT2D eigenvalue weighted by Crippen LogP contribution is -2.20. The van der Waals surface area contributed by atoms with Crippen molar-refractivity contribution in [2.45, 2.75) is 0 Å². The Morgan fingerprint density at radius 1 is 0.889 bits per heavy atom. The molecule has 1 heterocycles. The van der Waals surface area contributed by atoms with Crippen molar-refractivity contribution in [1.29, 1.82) is 0 Å². The van der Waals surface area contributed by atoms with E-state index in [0.717, 1.165) is 18.3 Å². The normalized spacial score (nSPS) is 11.3. The van der Waals surface area contributed by atoms with Gasteiger partial charge in [0.05, 0.1) is 17.1 Å². The molecule has 0 saturated carbocycles. The first-order valence-electron chi connectivity index (χ1n) is 8.19. The van der Waals surface area contributed by atoms with Gasteiger partial charge in [-0.05, 0) is 87.1 Å². The van der Waals surface area contributed by atoms with Gasteiger partial charge in [-0.2, -0.15) is 9.78 Å². The average Bonchev–Trinajstić information content (AvgIpc) is 2.67. The molecule has 0 aliphatic rings. The number of hydrogen-bond donors (Lipinski definition) is 0. The molecule has 4 aromatic rings. The van der Waals surface area contributed by atoms with Crippen LogP contribution in [0.25, 0.3) is 22.3 Å². The molecule has 132 valence electrons. The van der Waals surface area contributed by atoms with Gasteiger partial charge < -0.3 is 0 Å². The summed E-state index contributed by atoms with van der Waals surface area (Å²) in [6.45, 7) is 0. The minimum atomic E-state index is -0.184. The van der Waals surface area contributed by atoms with Gasteiger partial charge >= 0.3 is 0 Å². The molecule has 1 aromatic heterocycles. The van der Waals surface area contributed by atoms with E-state index in [2.05, 4.69) is 50.3 Å². The van der Waals surface area contributed by atoms with Gasteiger partial charge in [0, 0.05) is 12.7 Å². The van der Waals surface area contributed by atoms with Crippen molar-refractivity contribution in [3.8, 4) is 11.4 Å². The second kappa shape index (κ2) is 7.89. The van der Waals surface area contributed by atoms with E-state index in [4.69, 9.17) is 4.98 Å². The summed E-state index contributed by atoms with van der Waals surface area (Å²) in [6.07, 6.45) is 1.69. The molecule has 0 bridgehead atoms. The molecule has 0 unspecified atom stereocenters. The molecule has 0 aliphatic heterocycles. The summed E-state index contributed by atoms with van der Waals surface area (Å²) >= 11 is 4.50. The lowest BCUT2D eigenvalue weighted by molar-refractivity contribution is 0.829. The highest BCUT2D eigenvalue weighted by molar-refractivity contribution is 14.1. The summed E-state index contributed by atoms with van der Waals surface area (Å²) in [5.74, 6) is 0.527. The van der Waals surface area contributed by atoms with Crippen molar-refractivity contribution in [3.05, 3.63) is 95.9 Å². The quantitative estimate of drug-likeness (QED) is 0.250. The molecule has 4 nitrogen and oxygen atoms in total. The second-order valence-corrected chi connectivity index (χ2v) is 8.37. The second-order valence-electron chi connectivity index (χ2n) is 5.88. The van der Waals surface area contributed by atoms with Gasteiger partial charge in [0.1, 0.15) is 0 Å². The third kappa shape index (κ3) is 3.96. The molecule has 0 radical (unpaired) electrons. The first-order chi connectivity index (χ1) is 13.1. The molecule has 0 saturated heterocycles. The fourth-order valence-electron chi connectivity index (χ4n) is 2.76. The van der Waals surface area contributed by atoms with Gasteiger partial charge in [0.2, 0.25) is 0 Å². The first kappa shape index (κ1) is 18.3. The SMILES string of the molecule is O=c1c2ccccc2nc(-c2cccc(I)c2)n1/N=C\c1cccc(I)c1. The van der Waals surface area contributed by atoms with Crippen LogP contribution in [-0.2, 0) is 0 Å². The Balaban J connectivity index is 1.95. The van der Waals surface area contributed by atoms with Crippen LogP contribution in [0.5, 0.6) is 0 Å². The van der Waals surface area contributed by atoms with Crippen LogP contribution in [-0.4, -0.2) is 15.9 Å². The lowest BCUT2D eigenvalue weighted by atomic mass is 10.2. The van der Waals surface area contributed by atoms with E-state index >= 15 is 0 Å². The zero-order valence-electron chi connectivity index (χ0n) is 14.0. The Labute approximate surface area is 183 Å². The highest BCUT2D eigenvalue weighted by atomic mass is 127. The molecule has 6 heteroatoms. The number of para-hydroxylation sites is 1. The minimum Gasteiger partial charge on any atom is -0.267 e. The van der Waals surface area contributed by atoms with Crippen LogP contribution >= 0.6 is 45.2 Å². The van der Waals surface area contributed by atoms with Crippen LogP contribution in [0.2, 0.25) is 0 Å². The van der Waals surface area contributed by atoms with Gasteiger partial charge in [0.15, 0.2) is 5.82 Å². The minimum absolute atomic E-state index is 0.184. The van der Waals surface area contributed by atoms with E-state index < -0.39 is 0 Å². The van der Waals surface area contributed by atoms with Crippen molar-refractivity contribution in [2.75, 3.05) is 0 Å². The average molecular weight is 577 g/mol. The zero-order chi connectivity index (χ0) is 18.8. The molecule has 27 heavy (non-hydrogen) atoms. The number of fused-ring (bicyclic) bond motifs is 1. The fraction of sp³-hybridized carbons (Fsp3) is 0. The van der Waals surface area contributed by atoms with Crippen LogP contribution in [0.4, 0.5) is 0 Å². The van der Waals surface area contributed by atoms with Gasteiger partial charge in [0.25, 0.3) is 5.56 Å². The first-order valence-corrected chi connectivity index (χ1v) is 10.4. The molecule has 0 aliphatic carbocycles. The molecular weight excluding hydrogens is 564 g/mol. The molecule has 3 aromatic carbocycles.